The molecule has 1 aliphatic carbocycles. The van der Waals surface area contributed by atoms with Crippen molar-refractivity contribution in [3.05, 3.63) is 41.2 Å². The number of aromatic nitrogens is 2. The summed E-state index contributed by atoms with van der Waals surface area (Å²) in [5, 5.41) is 8.77. The number of amides is 2. The number of rotatable bonds is 9. The van der Waals surface area contributed by atoms with Gasteiger partial charge in [-0.1, -0.05) is 6.92 Å². The maximum atomic E-state index is 15.0. The lowest BCUT2D eigenvalue weighted by Gasteiger charge is -2.30. The predicted molar refractivity (Wildman–Crippen MR) is 129 cm³/mol. The van der Waals surface area contributed by atoms with Gasteiger partial charge in [-0.2, -0.15) is 0 Å². The molecule has 3 rings (SSSR count). The molecule has 2 heterocycles. The van der Waals surface area contributed by atoms with Gasteiger partial charge in [0, 0.05) is 6.07 Å². The second-order valence-electron chi connectivity index (χ2n) is 9.66. The van der Waals surface area contributed by atoms with Crippen molar-refractivity contribution < 1.29 is 23.1 Å². The van der Waals surface area contributed by atoms with Crippen LogP contribution in [0.25, 0.3) is 0 Å². The Hall–Kier alpha value is -3.50. The number of aryl methyl sites for hydroxylation is 1. The third-order valence-corrected chi connectivity index (χ3v) is 5.54. The fraction of sp³-hybridized carbons (Fsp3) is 0.500. The molecule has 11 heteroatoms. The molecule has 0 bridgehead atoms. The molecule has 0 unspecified atom stereocenters. The predicted octanol–water partition coefficient (Wildman–Crippen LogP) is 4.40. The number of pyridine rings is 2. The molecule has 1 saturated carbocycles. The topological polar surface area (TPSA) is 131 Å². The summed E-state index contributed by atoms with van der Waals surface area (Å²) in [6, 6.07) is 1.47. The standard InChI is InChI=1S/C24H32F2N6O3/c1-6-18(30-23(34)35-24(3,4)5)19(13-7-8-13)31-22-17(26)10-15(20(27)33)21(32-22)29-14-9-16(25)12(2)28-11-14/h9-11,13,18-19H,6-8H2,1-5H3,(H2,27,33)(H,30,34)(H2,29,31,32)/t18-,19+/m0/s1. The Bertz CT molecular complexity index is 1100. The van der Waals surface area contributed by atoms with Crippen LogP contribution < -0.4 is 21.7 Å². The van der Waals surface area contributed by atoms with E-state index in [0.29, 0.717) is 6.42 Å². The van der Waals surface area contributed by atoms with Crippen LogP contribution in [0.4, 0.5) is 30.9 Å². The van der Waals surface area contributed by atoms with Crippen LogP contribution in [0.5, 0.6) is 0 Å². The third-order valence-electron chi connectivity index (χ3n) is 5.54. The Kier molecular flexibility index (Phi) is 7.76. The summed E-state index contributed by atoms with van der Waals surface area (Å²) in [6.07, 6.45) is 3.18. The highest BCUT2D eigenvalue weighted by Crippen LogP contribution is 2.37. The molecule has 2 atom stereocenters. The van der Waals surface area contributed by atoms with E-state index in [-0.39, 0.29) is 46.6 Å². The molecule has 2 aromatic rings. The zero-order chi connectivity index (χ0) is 25.9. The highest BCUT2D eigenvalue weighted by atomic mass is 19.1. The average Bonchev–Trinajstić information content (AvgIpc) is 3.58. The van der Waals surface area contributed by atoms with E-state index in [1.54, 1.807) is 20.8 Å². The van der Waals surface area contributed by atoms with E-state index < -0.39 is 29.2 Å². The van der Waals surface area contributed by atoms with Gasteiger partial charge in [-0.25, -0.2) is 18.6 Å². The zero-order valence-electron chi connectivity index (χ0n) is 20.5. The number of ether oxygens (including phenoxy) is 1. The molecule has 35 heavy (non-hydrogen) atoms. The van der Waals surface area contributed by atoms with Gasteiger partial charge in [0.2, 0.25) is 0 Å². The summed E-state index contributed by atoms with van der Waals surface area (Å²) in [5.74, 6) is -2.21. The fourth-order valence-corrected chi connectivity index (χ4v) is 3.65. The molecule has 2 amide bonds. The summed E-state index contributed by atoms with van der Waals surface area (Å²) in [6.45, 7) is 8.74. The van der Waals surface area contributed by atoms with Gasteiger partial charge >= 0.3 is 6.09 Å². The summed E-state index contributed by atoms with van der Waals surface area (Å²) in [5.41, 5.74) is 4.99. The molecule has 0 saturated heterocycles. The van der Waals surface area contributed by atoms with Crippen molar-refractivity contribution in [3.8, 4) is 0 Å². The number of nitrogens with one attached hydrogen (secondary N) is 3. The Morgan fingerprint density at radius 1 is 1.20 bits per heavy atom. The van der Waals surface area contributed by atoms with Gasteiger partial charge in [-0.05, 0) is 58.9 Å². The third kappa shape index (κ3) is 7.00. The number of alkyl carbamates (subject to hydrolysis) is 1. The number of primary amides is 1. The lowest BCUT2D eigenvalue weighted by atomic mass is 10.0. The molecular weight excluding hydrogens is 458 g/mol. The molecule has 2 aromatic heterocycles. The molecular formula is C24H32F2N6O3. The summed E-state index contributed by atoms with van der Waals surface area (Å²) < 4.78 is 34.3. The van der Waals surface area contributed by atoms with Crippen molar-refractivity contribution in [2.24, 2.45) is 11.7 Å². The Balaban J connectivity index is 1.89. The van der Waals surface area contributed by atoms with E-state index in [9.17, 15) is 18.4 Å². The minimum atomic E-state index is -0.900. The Morgan fingerprint density at radius 3 is 2.43 bits per heavy atom. The number of nitrogens with zero attached hydrogens (tertiary/aromatic N) is 2. The molecule has 1 aliphatic rings. The Morgan fingerprint density at radius 2 is 1.89 bits per heavy atom. The van der Waals surface area contributed by atoms with Crippen LogP contribution in [0, 0.1) is 24.5 Å². The lowest BCUT2D eigenvalue weighted by Crippen LogP contribution is -2.49. The average molecular weight is 491 g/mol. The number of hydrogen-bond acceptors (Lipinski definition) is 7. The molecule has 0 spiro atoms. The van der Waals surface area contributed by atoms with Crippen LogP contribution in [0.15, 0.2) is 18.3 Å². The number of anilines is 3. The normalized spacial score (nSPS) is 15.2. The van der Waals surface area contributed by atoms with Crippen molar-refractivity contribution in [1.82, 2.24) is 15.3 Å². The van der Waals surface area contributed by atoms with Gasteiger partial charge in [-0.3, -0.25) is 9.78 Å². The summed E-state index contributed by atoms with van der Waals surface area (Å²) in [4.78, 5) is 32.5. The first-order chi connectivity index (χ1) is 16.4. The number of carbonyl (C=O) groups excluding carboxylic acids is 2. The van der Waals surface area contributed by atoms with Crippen molar-refractivity contribution in [2.75, 3.05) is 10.6 Å². The first-order valence-corrected chi connectivity index (χ1v) is 11.5. The molecule has 1 fully saturated rings. The van der Waals surface area contributed by atoms with Gasteiger partial charge in [0.05, 0.1) is 35.2 Å². The van der Waals surface area contributed by atoms with E-state index in [1.165, 1.54) is 19.2 Å². The maximum Gasteiger partial charge on any atom is 0.407 e. The second kappa shape index (κ2) is 10.4. The quantitative estimate of drug-likeness (QED) is 0.410. The largest absolute Gasteiger partial charge is 0.444 e. The number of hydrogen-bond donors (Lipinski definition) is 4. The SMILES string of the molecule is CC[C@H](NC(=O)OC(C)(C)C)[C@H](Nc1nc(Nc2cnc(C)c(F)c2)c(C(N)=O)cc1F)C1CC1. The highest BCUT2D eigenvalue weighted by Gasteiger charge is 2.38. The van der Waals surface area contributed by atoms with Crippen LogP contribution in [-0.4, -0.2) is 39.7 Å². The van der Waals surface area contributed by atoms with Gasteiger partial charge < -0.3 is 26.4 Å². The van der Waals surface area contributed by atoms with Crippen molar-refractivity contribution in [2.45, 2.75) is 71.6 Å². The van der Waals surface area contributed by atoms with E-state index in [2.05, 4.69) is 25.9 Å². The first kappa shape index (κ1) is 26.1. The smallest absolute Gasteiger partial charge is 0.407 e. The van der Waals surface area contributed by atoms with E-state index in [0.717, 1.165) is 18.9 Å². The molecule has 9 nitrogen and oxygen atoms in total. The first-order valence-electron chi connectivity index (χ1n) is 11.5. The summed E-state index contributed by atoms with van der Waals surface area (Å²) in [7, 11) is 0. The second-order valence-corrected chi connectivity index (χ2v) is 9.66. The number of carbonyl (C=O) groups is 2. The maximum absolute atomic E-state index is 15.0. The highest BCUT2D eigenvalue weighted by molar-refractivity contribution is 5.98. The minimum Gasteiger partial charge on any atom is -0.444 e. The van der Waals surface area contributed by atoms with Gasteiger partial charge in [0.15, 0.2) is 11.6 Å². The fourth-order valence-electron chi connectivity index (χ4n) is 3.65. The van der Waals surface area contributed by atoms with Gasteiger partial charge in [0.25, 0.3) is 5.91 Å². The van der Waals surface area contributed by atoms with Crippen molar-refractivity contribution in [1.29, 1.82) is 0 Å². The van der Waals surface area contributed by atoms with Crippen LogP contribution in [0.3, 0.4) is 0 Å². The summed E-state index contributed by atoms with van der Waals surface area (Å²) >= 11 is 0. The van der Waals surface area contributed by atoms with E-state index in [4.69, 9.17) is 10.5 Å². The van der Waals surface area contributed by atoms with Crippen molar-refractivity contribution in [3.63, 3.8) is 0 Å². The van der Waals surface area contributed by atoms with E-state index in [1.807, 2.05) is 6.92 Å². The van der Waals surface area contributed by atoms with Gasteiger partial charge in [-0.15, -0.1) is 0 Å². The van der Waals surface area contributed by atoms with Crippen LogP contribution in [0.2, 0.25) is 0 Å². The van der Waals surface area contributed by atoms with Crippen LogP contribution in [-0.2, 0) is 4.74 Å². The van der Waals surface area contributed by atoms with Crippen LogP contribution in [0.1, 0.15) is 63.0 Å². The van der Waals surface area contributed by atoms with E-state index >= 15 is 0 Å². The molecule has 5 N–H and O–H groups in total. The van der Waals surface area contributed by atoms with Gasteiger partial charge in [0.1, 0.15) is 17.2 Å². The molecule has 0 radical (unpaired) electrons. The molecule has 190 valence electrons. The number of halogens is 2. The zero-order valence-corrected chi connectivity index (χ0v) is 20.5. The molecule has 0 aromatic carbocycles. The lowest BCUT2D eigenvalue weighted by molar-refractivity contribution is 0.0495. The Labute approximate surface area is 203 Å². The monoisotopic (exact) mass is 490 g/mol. The number of nitrogens with two attached hydrogens (primary N) is 1. The van der Waals surface area contributed by atoms with Crippen molar-refractivity contribution >= 4 is 29.3 Å². The molecule has 0 aliphatic heterocycles. The minimum absolute atomic E-state index is 0.0471. The van der Waals surface area contributed by atoms with Crippen LogP contribution >= 0.6 is 0 Å².